The molecule has 0 radical (unpaired) electrons. The van der Waals surface area contributed by atoms with Crippen molar-refractivity contribution in [3.63, 3.8) is 0 Å². The third-order valence-corrected chi connectivity index (χ3v) is 12.7. The van der Waals surface area contributed by atoms with Crippen molar-refractivity contribution < 1.29 is 20.1 Å². The van der Waals surface area contributed by atoms with Gasteiger partial charge in [-0.05, 0) is 97.9 Å². The van der Waals surface area contributed by atoms with Crippen LogP contribution in [0.5, 0.6) is 0 Å². The van der Waals surface area contributed by atoms with Crippen molar-refractivity contribution in [1.82, 2.24) is 0 Å². The molecule has 0 unspecified atom stereocenters. The van der Waals surface area contributed by atoms with E-state index in [0.717, 1.165) is 57.8 Å². The minimum atomic E-state index is -0.427. The molecule has 4 fully saturated rings. The minimum absolute atomic E-state index is 0.0529. The molecule has 0 heterocycles. The SMILES string of the molecule is CC1(C)[C@@H](O)CC[C@]2(C)[C@H]3CC[C@H]4[C@@](C)(CC[C@H]5[C@]4(C)CC[C@H](O)[C@]5(C)CO)CC3=CC(=O)[C@@H]12. The second kappa shape index (κ2) is 7.65. The van der Waals surface area contributed by atoms with Gasteiger partial charge in [0, 0.05) is 16.7 Å². The highest BCUT2D eigenvalue weighted by Crippen LogP contribution is 2.70. The van der Waals surface area contributed by atoms with Crippen molar-refractivity contribution in [3.8, 4) is 0 Å². The predicted octanol–water partition coefficient (Wildman–Crippen LogP) is 5.29. The van der Waals surface area contributed by atoms with Gasteiger partial charge >= 0.3 is 0 Å². The molecule has 4 saturated carbocycles. The quantitative estimate of drug-likeness (QED) is 0.484. The van der Waals surface area contributed by atoms with E-state index in [0.29, 0.717) is 17.8 Å². The van der Waals surface area contributed by atoms with E-state index in [4.69, 9.17) is 0 Å². The average molecular weight is 473 g/mol. The maximum atomic E-state index is 13.6. The van der Waals surface area contributed by atoms with Gasteiger partial charge in [-0.25, -0.2) is 0 Å². The fourth-order valence-electron chi connectivity index (χ4n) is 10.9. The number of fused-ring (bicyclic) bond motifs is 6. The molecule has 0 aromatic rings. The van der Waals surface area contributed by atoms with Crippen LogP contribution < -0.4 is 0 Å². The molecule has 4 heteroatoms. The Balaban J connectivity index is 1.54. The monoisotopic (exact) mass is 472 g/mol. The number of allylic oxidation sites excluding steroid dienone is 2. The lowest BCUT2D eigenvalue weighted by Gasteiger charge is -2.64. The van der Waals surface area contributed by atoms with Crippen molar-refractivity contribution in [3.05, 3.63) is 11.6 Å². The standard InChI is InChI=1S/C30H48O4/c1-26(2)23(33)10-13-28(4)19-7-8-21-27(3,16-18(19)15-20(32)25(26)28)12-9-22-29(21,5)14-11-24(34)30(22,6)17-31/h15,19,21-25,31,33-34H,7-14,16-17H2,1-6H3/t19-,21-,22-,23-,24-,25-,27-,28+,29+,30+/m0/s1. The van der Waals surface area contributed by atoms with Crippen LogP contribution >= 0.6 is 0 Å². The summed E-state index contributed by atoms with van der Waals surface area (Å²) >= 11 is 0. The summed E-state index contributed by atoms with van der Waals surface area (Å²) in [4.78, 5) is 13.6. The Morgan fingerprint density at radius 2 is 1.47 bits per heavy atom. The first kappa shape index (κ1) is 25.0. The number of aliphatic hydroxyl groups is 3. The number of carbonyl (C=O) groups excluding carboxylic acids is 1. The zero-order valence-electron chi connectivity index (χ0n) is 22.4. The van der Waals surface area contributed by atoms with E-state index >= 15 is 0 Å². The third-order valence-electron chi connectivity index (χ3n) is 12.7. The molecule has 0 aromatic heterocycles. The van der Waals surface area contributed by atoms with E-state index in [1.54, 1.807) is 0 Å². The largest absolute Gasteiger partial charge is 0.396 e. The number of ketones is 1. The highest BCUT2D eigenvalue weighted by molar-refractivity contribution is 5.95. The van der Waals surface area contributed by atoms with Crippen LogP contribution in [0.25, 0.3) is 0 Å². The van der Waals surface area contributed by atoms with Crippen LogP contribution in [0.3, 0.4) is 0 Å². The Kier molecular flexibility index (Phi) is 5.62. The maximum absolute atomic E-state index is 13.6. The zero-order chi connectivity index (χ0) is 24.9. The van der Waals surface area contributed by atoms with Gasteiger partial charge in [0.05, 0.1) is 18.8 Å². The summed E-state index contributed by atoms with van der Waals surface area (Å²) in [5.41, 5.74) is 0.722. The first-order chi connectivity index (χ1) is 15.7. The third kappa shape index (κ3) is 3.10. The van der Waals surface area contributed by atoms with Gasteiger partial charge in [0.1, 0.15) is 0 Å². The van der Waals surface area contributed by atoms with Gasteiger partial charge in [-0.1, -0.05) is 47.1 Å². The van der Waals surface area contributed by atoms with Gasteiger partial charge in [-0.2, -0.15) is 0 Å². The maximum Gasteiger partial charge on any atom is 0.159 e. The molecule has 4 nitrogen and oxygen atoms in total. The summed E-state index contributed by atoms with van der Waals surface area (Å²) in [6, 6.07) is 0. The Bertz CT molecular complexity index is 892. The summed E-state index contributed by atoms with van der Waals surface area (Å²) in [6.45, 7) is 13.6. The minimum Gasteiger partial charge on any atom is -0.396 e. The second-order valence-corrected chi connectivity index (χ2v) is 14.8. The summed E-state index contributed by atoms with van der Waals surface area (Å²) in [5.74, 6) is 1.40. The summed E-state index contributed by atoms with van der Waals surface area (Å²) in [7, 11) is 0. The van der Waals surface area contributed by atoms with Crippen LogP contribution in [0.4, 0.5) is 0 Å². The van der Waals surface area contributed by atoms with E-state index < -0.39 is 23.0 Å². The van der Waals surface area contributed by atoms with E-state index in [1.807, 2.05) is 6.08 Å². The molecule has 0 amide bonds. The Morgan fingerprint density at radius 1 is 0.824 bits per heavy atom. The normalized spacial score (nSPS) is 54.6. The molecule has 3 N–H and O–H groups in total. The molecule has 5 aliphatic carbocycles. The van der Waals surface area contributed by atoms with Gasteiger partial charge < -0.3 is 15.3 Å². The number of rotatable bonds is 1. The summed E-state index contributed by atoms with van der Waals surface area (Å²) in [5, 5.41) is 32.1. The second-order valence-electron chi connectivity index (χ2n) is 14.8. The molecule has 0 spiro atoms. The Morgan fingerprint density at radius 3 is 2.15 bits per heavy atom. The van der Waals surface area contributed by atoms with Crippen LogP contribution in [-0.4, -0.2) is 39.9 Å². The van der Waals surface area contributed by atoms with Gasteiger partial charge in [0.15, 0.2) is 5.78 Å². The smallest absolute Gasteiger partial charge is 0.159 e. The van der Waals surface area contributed by atoms with Crippen LogP contribution in [0.1, 0.15) is 99.3 Å². The van der Waals surface area contributed by atoms with E-state index in [-0.39, 0.29) is 34.6 Å². The fraction of sp³-hybridized carbons (Fsp3) is 0.900. The van der Waals surface area contributed by atoms with E-state index in [1.165, 1.54) is 5.57 Å². The Labute approximate surface area is 206 Å². The molecule has 5 aliphatic rings. The van der Waals surface area contributed by atoms with Crippen LogP contribution in [0.2, 0.25) is 0 Å². The first-order valence-corrected chi connectivity index (χ1v) is 14.0. The highest BCUT2D eigenvalue weighted by atomic mass is 16.3. The molecule has 0 bridgehead atoms. The lowest BCUT2D eigenvalue weighted by molar-refractivity contribution is -0.189. The van der Waals surface area contributed by atoms with Crippen molar-refractivity contribution in [2.45, 2.75) is 112 Å². The number of hydrogen-bond donors (Lipinski definition) is 3. The molecule has 34 heavy (non-hydrogen) atoms. The zero-order valence-corrected chi connectivity index (χ0v) is 22.4. The van der Waals surface area contributed by atoms with Gasteiger partial charge in [-0.15, -0.1) is 0 Å². The van der Waals surface area contributed by atoms with Crippen LogP contribution in [0.15, 0.2) is 11.6 Å². The van der Waals surface area contributed by atoms with Crippen molar-refractivity contribution in [1.29, 1.82) is 0 Å². The van der Waals surface area contributed by atoms with Crippen molar-refractivity contribution in [2.75, 3.05) is 6.61 Å². The first-order valence-electron chi connectivity index (χ1n) is 14.0. The number of hydrogen-bond acceptors (Lipinski definition) is 4. The molecular formula is C30H48O4. The molecule has 10 atom stereocenters. The van der Waals surface area contributed by atoms with Crippen LogP contribution in [0, 0.1) is 50.7 Å². The van der Waals surface area contributed by atoms with Gasteiger partial charge in [-0.3, -0.25) is 4.79 Å². The predicted molar refractivity (Wildman–Crippen MR) is 134 cm³/mol. The molecule has 192 valence electrons. The van der Waals surface area contributed by atoms with Crippen LogP contribution in [-0.2, 0) is 4.79 Å². The molecule has 0 aliphatic heterocycles. The number of carbonyl (C=O) groups is 1. The average Bonchev–Trinajstić information content (AvgIpc) is 2.90. The van der Waals surface area contributed by atoms with E-state index in [9.17, 15) is 20.1 Å². The Hall–Kier alpha value is -0.710. The summed E-state index contributed by atoms with van der Waals surface area (Å²) < 4.78 is 0. The number of aliphatic hydroxyl groups excluding tert-OH is 3. The van der Waals surface area contributed by atoms with Crippen molar-refractivity contribution in [2.24, 2.45) is 50.7 Å². The van der Waals surface area contributed by atoms with Gasteiger partial charge in [0.2, 0.25) is 0 Å². The van der Waals surface area contributed by atoms with Crippen molar-refractivity contribution >= 4 is 5.78 Å². The van der Waals surface area contributed by atoms with Gasteiger partial charge in [0.25, 0.3) is 0 Å². The fourth-order valence-corrected chi connectivity index (χ4v) is 10.9. The molecule has 5 rings (SSSR count). The lowest BCUT2D eigenvalue weighted by atomic mass is 9.42. The topological polar surface area (TPSA) is 77.8 Å². The molecule has 0 saturated heterocycles. The molecule has 0 aromatic carbocycles. The van der Waals surface area contributed by atoms with E-state index in [2.05, 4.69) is 41.5 Å². The summed E-state index contributed by atoms with van der Waals surface area (Å²) in [6.07, 6.45) is 10.1. The lowest BCUT2D eigenvalue weighted by Crippen LogP contribution is -2.60. The highest BCUT2D eigenvalue weighted by Gasteiger charge is 2.64. The molecular weight excluding hydrogens is 424 g/mol.